The maximum atomic E-state index is 12.7. The molecule has 2 aromatic heterocycles. The molecule has 0 fully saturated rings. The summed E-state index contributed by atoms with van der Waals surface area (Å²) in [4.78, 5) is 12.7. The number of hydrogen-bond donors (Lipinski definition) is 3. The van der Waals surface area contributed by atoms with Gasteiger partial charge in [-0.1, -0.05) is 11.2 Å². The third kappa shape index (κ3) is 2.94. The summed E-state index contributed by atoms with van der Waals surface area (Å²) in [6.45, 7) is 0. The summed E-state index contributed by atoms with van der Waals surface area (Å²) in [5.41, 5.74) is 2.48. The summed E-state index contributed by atoms with van der Waals surface area (Å²) in [6.07, 6.45) is 0. The van der Waals surface area contributed by atoms with Gasteiger partial charge in [-0.3, -0.25) is 4.79 Å². The summed E-state index contributed by atoms with van der Waals surface area (Å²) in [6, 6.07) is 11.7. The smallest absolute Gasteiger partial charge is 0.288 e. The third-order valence-corrected chi connectivity index (χ3v) is 5.15. The summed E-state index contributed by atoms with van der Waals surface area (Å²) in [5.74, 6) is 1.29. The van der Waals surface area contributed by atoms with Gasteiger partial charge in [-0.2, -0.15) is 9.78 Å². The number of tetrazole rings is 1. The molecule has 0 unspecified atom stereocenters. The molecule has 4 aromatic rings. The molecule has 3 N–H and O–H groups in total. The zero-order valence-corrected chi connectivity index (χ0v) is 16.5. The van der Waals surface area contributed by atoms with Crippen molar-refractivity contribution in [3.63, 3.8) is 0 Å². The molecule has 1 aliphatic heterocycles. The van der Waals surface area contributed by atoms with Crippen LogP contribution in [0.25, 0.3) is 11.3 Å². The highest BCUT2D eigenvalue weighted by molar-refractivity contribution is 5.75. The van der Waals surface area contributed by atoms with Gasteiger partial charge in [0.1, 0.15) is 17.5 Å². The highest BCUT2D eigenvalue weighted by Gasteiger charge is 2.34. The number of fused-ring (bicyclic) bond motifs is 2. The quantitative estimate of drug-likeness (QED) is 0.398. The zero-order chi connectivity index (χ0) is 21.5. The first-order valence-corrected chi connectivity index (χ1v) is 9.29. The predicted octanol–water partition coefficient (Wildman–Crippen LogP) is 1.84. The number of rotatable bonds is 4. The van der Waals surface area contributed by atoms with E-state index in [1.54, 1.807) is 23.9 Å². The molecule has 0 radical (unpaired) electrons. The van der Waals surface area contributed by atoms with Crippen molar-refractivity contribution >= 4 is 11.6 Å². The molecule has 11 heteroatoms. The van der Waals surface area contributed by atoms with E-state index in [1.807, 2.05) is 24.3 Å². The maximum absolute atomic E-state index is 12.7. The Morgan fingerprint density at radius 1 is 1.10 bits per heavy atom. The number of hydrogen-bond acceptors (Lipinski definition) is 9. The van der Waals surface area contributed by atoms with Crippen LogP contribution in [0.3, 0.4) is 0 Å². The van der Waals surface area contributed by atoms with Crippen molar-refractivity contribution in [2.24, 2.45) is 0 Å². The SMILES string of the molecule is COc1ccc(-c2n[nH]c(=O)c3c2[C@@H](c2ccc(O)c(OC)c2)n2nnnc2N3)cc1. The Morgan fingerprint density at radius 3 is 2.65 bits per heavy atom. The van der Waals surface area contributed by atoms with Gasteiger partial charge in [-0.05, 0) is 52.4 Å². The lowest BCUT2D eigenvalue weighted by Crippen LogP contribution is -2.29. The van der Waals surface area contributed by atoms with Crippen molar-refractivity contribution in [1.29, 1.82) is 0 Å². The van der Waals surface area contributed by atoms with E-state index in [0.717, 1.165) is 5.56 Å². The fraction of sp³-hybridized carbons (Fsp3) is 0.150. The van der Waals surface area contributed by atoms with Gasteiger partial charge in [-0.15, -0.1) is 0 Å². The van der Waals surface area contributed by atoms with Crippen LogP contribution >= 0.6 is 0 Å². The van der Waals surface area contributed by atoms with Crippen LogP contribution in [-0.4, -0.2) is 49.7 Å². The lowest BCUT2D eigenvalue weighted by atomic mass is 9.92. The fourth-order valence-corrected chi connectivity index (χ4v) is 3.68. The first-order chi connectivity index (χ1) is 15.1. The van der Waals surface area contributed by atoms with Gasteiger partial charge < -0.3 is 19.9 Å². The van der Waals surface area contributed by atoms with E-state index in [1.165, 1.54) is 13.2 Å². The second-order valence-electron chi connectivity index (χ2n) is 6.82. The Labute approximate surface area is 175 Å². The molecule has 2 aromatic carbocycles. The molecule has 1 aliphatic rings. The Bertz CT molecular complexity index is 1330. The van der Waals surface area contributed by atoms with Crippen LogP contribution in [0.4, 0.5) is 11.6 Å². The third-order valence-electron chi connectivity index (χ3n) is 5.15. The minimum absolute atomic E-state index is 0.00300. The molecule has 0 bridgehead atoms. The number of ether oxygens (including phenoxy) is 2. The average Bonchev–Trinajstić information content (AvgIpc) is 3.27. The highest BCUT2D eigenvalue weighted by Crippen LogP contribution is 2.42. The van der Waals surface area contributed by atoms with E-state index >= 15 is 0 Å². The molecule has 3 heterocycles. The van der Waals surface area contributed by atoms with Crippen molar-refractivity contribution in [3.05, 3.63) is 63.9 Å². The van der Waals surface area contributed by atoms with Crippen LogP contribution in [0.5, 0.6) is 17.2 Å². The van der Waals surface area contributed by atoms with Crippen LogP contribution < -0.4 is 20.3 Å². The van der Waals surface area contributed by atoms with Crippen molar-refractivity contribution < 1.29 is 14.6 Å². The van der Waals surface area contributed by atoms with Crippen LogP contribution in [0, 0.1) is 0 Å². The van der Waals surface area contributed by atoms with Gasteiger partial charge in [0, 0.05) is 11.1 Å². The number of phenolic OH excluding ortho intramolecular Hbond substituents is 1. The molecule has 5 rings (SSSR count). The minimum Gasteiger partial charge on any atom is -0.504 e. The second kappa shape index (κ2) is 7.13. The van der Waals surface area contributed by atoms with E-state index in [0.29, 0.717) is 34.2 Å². The van der Waals surface area contributed by atoms with Crippen LogP contribution in [-0.2, 0) is 0 Å². The van der Waals surface area contributed by atoms with Gasteiger partial charge in [0.25, 0.3) is 5.56 Å². The molecule has 0 aliphatic carbocycles. The first-order valence-electron chi connectivity index (χ1n) is 9.29. The lowest BCUT2D eigenvalue weighted by molar-refractivity contribution is 0.372. The molecule has 0 spiro atoms. The Balaban J connectivity index is 1.78. The highest BCUT2D eigenvalue weighted by atomic mass is 16.5. The summed E-state index contributed by atoms with van der Waals surface area (Å²) < 4.78 is 12.1. The maximum Gasteiger partial charge on any atom is 0.288 e. The number of anilines is 2. The van der Waals surface area contributed by atoms with E-state index in [4.69, 9.17) is 9.47 Å². The number of phenols is 1. The number of H-pyrrole nitrogens is 1. The summed E-state index contributed by atoms with van der Waals surface area (Å²) in [5, 5.41) is 31.8. The summed E-state index contributed by atoms with van der Waals surface area (Å²) >= 11 is 0. The number of nitrogens with zero attached hydrogens (tertiary/aromatic N) is 5. The Morgan fingerprint density at radius 2 is 1.90 bits per heavy atom. The minimum atomic E-state index is -0.595. The van der Waals surface area contributed by atoms with Gasteiger partial charge in [0.2, 0.25) is 5.95 Å². The monoisotopic (exact) mass is 419 g/mol. The van der Waals surface area contributed by atoms with E-state index < -0.39 is 11.6 Å². The molecule has 1 atom stereocenters. The fourth-order valence-electron chi connectivity index (χ4n) is 3.68. The van der Waals surface area contributed by atoms with Gasteiger partial charge >= 0.3 is 0 Å². The average molecular weight is 419 g/mol. The number of methoxy groups -OCH3 is 2. The number of benzene rings is 2. The molecule has 0 amide bonds. The molecule has 0 saturated heterocycles. The molecule has 0 saturated carbocycles. The molecular formula is C20H17N7O4. The van der Waals surface area contributed by atoms with Crippen molar-refractivity contribution in [2.75, 3.05) is 19.5 Å². The second-order valence-corrected chi connectivity index (χ2v) is 6.82. The molecule has 11 nitrogen and oxygen atoms in total. The van der Waals surface area contributed by atoms with E-state index in [-0.39, 0.29) is 11.5 Å². The lowest BCUT2D eigenvalue weighted by Gasteiger charge is -2.28. The van der Waals surface area contributed by atoms with Crippen LogP contribution in [0.1, 0.15) is 17.2 Å². The van der Waals surface area contributed by atoms with Gasteiger partial charge in [-0.25, -0.2) is 5.10 Å². The zero-order valence-electron chi connectivity index (χ0n) is 16.5. The predicted molar refractivity (Wildman–Crippen MR) is 110 cm³/mol. The number of aromatic nitrogens is 6. The summed E-state index contributed by atoms with van der Waals surface area (Å²) in [7, 11) is 3.05. The van der Waals surface area contributed by atoms with E-state index in [2.05, 4.69) is 31.0 Å². The molecular weight excluding hydrogens is 402 g/mol. The first kappa shape index (κ1) is 18.6. The van der Waals surface area contributed by atoms with Gasteiger partial charge in [0.15, 0.2) is 11.5 Å². The molecule has 31 heavy (non-hydrogen) atoms. The standard InChI is InChI=1S/C20H17N7O4/c1-30-12-6-3-10(4-7-12)16-15-17(19(29)23-22-16)21-20-24-25-26-27(20)18(15)11-5-8-13(28)14(9-11)31-2/h3-9,18,28H,1-2H3,(H,23,29)(H,21,24,26)/t18-/m1/s1. The number of aromatic amines is 1. The largest absolute Gasteiger partial charge is 0.504 e. The Hall–Kier alpha value is -4.41. The Kier molecular flexibility index (Phi) is 4.28. The van der Waals surface area contributed by atoms with Crippen LogP contribution in [0.15, 0.2) is 47.3 Å². The van der Waals surface area contributed by atoms with Crippen molar-refractivity contribution in [1.82, 2.24) is 30.4 Å². The molecule has 156 valence electrons. The number of nitrogens with one attached hydrogen (secondary N) is 2. The van der Waals surface area contributed by atoms with Crippen LogP contribution in [0.2, 0.25) is 0 Å². The number of aromatic hydroxyl groups is 1. The van der Waals surface area contributed by atoms with Crippen molar-refractivity contribution in [2.45, 2.75) is 6.04 Å². The van der Waals surface area contributed by atoms with E-state index in [9.17, 15) is 9.90 Å². The van der Waals surface area contributed by atoms with Gasteiger partial charge in [0.05, 0.1) is 19.9 Å². The topological polar surface area (TPSA) is 140 Å². The normalized spacial score (nSPS) is 14.3. The van der Waals surface area contributed by atoms with Crippen molar-refractivity contribution in [3.8, 4) is 28.5 Å².